The van der Waals surface area contributed by atoms with Gasteiger partial charge in [-0.1, -0.05) is 11.6 Å². The molecule has 0 aliphatic carbocycles. The molecule has 1 rings (SSSR count). The van der Waals surface area contributed by atoms with Crippen LogP contribution in [0.4, 0.5) is 4.39 Å². The maximum absolute atomic E-state index is 12.6. The van der Waals surface area contributed by atoms with E-state index in [4.69, 9.17) is 18.0 Å². The molecule has 0 nitrogen and oxygen atoms in total. The number of hydrogen-bond donors (Lipinski definition) is 0. The van der Waals surface area contributed by atoms with Crippen LogP contribution in [0.1, 0.15) is 5.56 Å². The van der Waals surface area contributed by atoms with Gasteiger partial charge < -0.3 is 0 Å². The Morgan fingerprint density at radius 2 is 2.20 bits per heavy atom. The Labute approximate surface area is 63.6 Å². The third-order valence-corrected chi connectivity index (χ3v) is 1.30. The van der Waals surface area contributed by atoms with Crippen LogP contribution < -0.4 is 0 Å². The maximum Gasteiger partial charge on any atom is 0.140 e. The van der Waals surface area contributed by atoms with Crippen molar-refractivity contribution in [1.29, 1.82) is 0 Å². The van der Waals surface area contributed by atoms with Crippen LogP contribution in [0.3, 0.4) is 0 Å². The first kappa shape index (κ1) is 7.11. The summed E-state index contributed by atoms with van der Waals surface area (Å²) in [5.74, 6) is 1.43. The summed E-state index contributed by atoms with van der Waals surface area (Å²) < 4.78 is 12.6. The first-order valence-corrected chi connectivity index (χ1v) is 2.99. The van der Waals surface area contributed by atoms with Crippen molar-refractivity contribution in [2.45, 2.75) is 0 Å². The van der Waals surface area contributed by atoms with E-state index in [2.05, 4.69) is 0 Å². The monoisotopic (exact) mass is 153 g/mol. The molecule has 0 aliphatic heterocycles. The van der Waals surface area contributed by atoms with E-state index in [-0.39, 0.29) is 5.56 Å². The predicted octanol–water partition coefficient (Wildman–Crippen LogP) is 2.42. The summed E-state index contributed by atoms with van der Waals surface area (Å²) in [5, 5.41) is 0.330. The highest BCUT2D eigenvalue weighted by Gasteiger charge is 1.97. The molecule has 0 atom stereocenters. The van der Waals surface area contributed by atoms with Gasteiger partial charge in [0.05, 0.1) is 5.56 Å². The highest BCUT2D eigenvalue weighted by molar-refractivity contribution is 6.30. The van der Waals surface area contributed by atoms with Crippen molar-refractivity contribution in [3.63, 3.8) is 0 Å². The SMILES string of the molecule is [C]#Cc1ccc(Cl)cc1F. The highest BCUT2D eigenvalue weighted by atomic mass is 35.5. The Hall–Kier alpha value is -1.00. The fourth-order valence-corrected chi connectivity index (χ4v) is 0.750. The zero-order valence-corrected chi connectivity index (χ0v) is 5.74. The van der Waals surface area contributed by atoms with Crippen molar-refractivity contribution in [3.8, 4) is 5.92 Å². The van der Waals surface area contributed by atoms with E-state index >= 15 is 0 Å². The summed E-state index contributed by atoms with van der Waals surface area (Å²) in [7, 11) is 0. The van der Waals surface area contributed by atoms with Crippen molar-refractivity contribution < 1.29 is 4.39 Å². The molecule has 0 bridgehead atoms. The Morgan fingerprint density at radius 1 is 1.50 bits per heavy atom. The molecule has 0 aliphatic rings. The molecule has 2 heteroatoms. The van der Waals surface area contributed by atoms with Gasteiger partial charge in [-0.2, -0.15) is 0 Å². The Bertz CT molecular complexity index is 286. The highest BCUT2D eigenvalue weighted by Crippen LogP contribution is 2.12. The summed E-state index contributed by atoms with van der Waals surface area (Å²) in [6.07, 6.45) is 6.62. The molecule has 0 unspecified atom stereocenters. The van der Waals surface area contributed by atoms with Crippen molar-refractivity contribution in [2.75, 3.05) is 0 Å². The minimum Gasteiger partial charge on any atom is -0.206 e. The van der Waals surface area contributed by atoms with Gasteiger partial charge in [-0.05, 0) is 30.5 Å². The van der Waals surface area contributed by atoms with Crippen LogP contribution >= 0.6 is 11.6 Å². The van der Waals surface area contributed by atoms with Gasteiger partial charge in [0.1, 0.15) is 5.82 Å². The van der Waals surface area contributed by atoms with E-state index in [1.54, 1.807) is 0 Å². The Balaban J connectivity index is 3.23. The Kier molecular flexibility index (Phi) is 1.94. The molecular formula is C8H3ClF. The molecular weight excluding hydrogens is 151 g/mol. The van der Waals surface area contributed by atoms with E-state index in [1.807, 2.05) is 5.92 Å². The summed E-state index contributed by atoms with van der Waals surface area (Å²) in [6, 6.07) is 4.07. The van der Waals surface area contributed by atoms with Crippen LogP contribution in [0.15, 0.2) is 18.2 Å². The largest absolute Gasteiger partial charge is 0.206 e. The lowest BCUT2D eigenvalue weighted by Gasteiger charge is -1.92. The smallest absolute Gasteiger partial charge is 0.140 e. The molecule has 0 saturated heterocycles. The van der Waals surface area contributed by atoms with Crippen LogP contribution in [0.25, 0.3) is 0 Å². The molecule has 0 saturated carbocycles. The Morgan fingerprint density at radius 3 is 2.70 bits per heavy atom. The average Bonchev–Trinajstić information content (AvgIpc) is 1.88. The predicted molar refractivity (Wildman–Crippen MR) is 37.6 cm³/mol. The zero-order chi connectivity index (χ0) is 7.56. The maximum atomic E-state index is 12.6. The average molecular weight is 154 g/mol. The summed E-state index contributed by atoms with van der Waals surface area (Å²) in [6.45, 7) is 0. The number of halogens is 2. The lowest BCUT2D eigenvalue weighted by molar-refractivity contribution is 0.624. The van der Waals surface area contributed by atoms with Crippen LogP contribution in [-0.2, 0) is 0 Å². The third-order valence-electron chi connectivity index (χ3n) is 1.07. The fourth-order valence-electron chi connectivity index (χ4n) is 0.591. The van der Waals surface area contributed by atoms with Crippen molar-refractivity contribution in [3.05, 3.63) is 41.0 Å². The second kappa shape index (κ2) is 2.72. The molecule has 0 heterocycles. The van der Waals surface area contributed by atoms with Gasteiger partial charge in [-0.15, -0.1) is 0 Å². The molecule has 49 valence electrons. The van der Waals surface area contributed by atoms with Crippen molar-refractivity contribution >= 4 is 11.6 Å². The standard InChI is InChI=1S/C8H3ClF/c1-2-6-3-4-7(9)5-8(6)10/h3-5H. The van der Waals surface area contributed by atoms with Gasteiger partial charge in [0.2, 0.25) is 0 Å². The first-order valence-electron chi connectivity index (χ1n) is 2.62. The van der Waals surface area contributed by atoms with Crippen LogP contribution in [0.2, 0.25) is 5.02 Å². The molecule has 0 aromatic heterocycles. The fraction of sp³-hybridized carbons (Fsp3) is 0. The number of benzene rings is 1. The lowest BCUT2D eigenvalue weighted by atomic mass is 10.2. The summed E-state index contributed by atoms with van der Waals surface area (Å²) in [5.41, 5.74) is 0.129. The molecule has 1 aromatic carbocycles. The number of hydrogen-bond acceptors (Lipinski definition) is 0. The van der Waals surface area contributed by atoms with Gasteiger partial charge in [-0.25, -0.2) is 4.39 Å². The van der Waals surface area contributed by atoms with Gasteiger partial charge in [0.25, 0.3) is 0 Å². The van der Waals surface area contributed by atoms with Crippen molar-refractivity contribution in [1.82, 2.24) is 0 Å². The van der Waals surface area contributed by atoms with Gasteiger partial charge in [0.15, 0.2) is 0 Å². The van der Waals surface area contributed by atoms with E-state index < -0.39 is 5.82 Å². The lowest BCUT2D eigenvalue weighted by Crippen LogP contribution is -1.80. The van der Waals surface area contributed by atoms with Gasteiger partial charge >= 0.3 is 0 Å². The number of rotatable bonds is 0. The van der Waals surface area contributed by atoms with Gasteiger partial charge in [0, 0.05) is 5.02 Å². The van der Waals surface area contributed by atoms with Crippen LogP contribution in [0, 0.1) is 18.2 Å². The minimum atomic E-state index is -0.512. The molecule has 1 radical (unpaired) electrons. The molecule has 0 amide bonds. The first-order chi connectivity index (χ1) is 4.74. The van der Waals surface area contributed by atoms with E-state index in [1.165, 1.54) is 12.1 Å². The quantitative estimate of drug-likeness (QED) is 0.502. The van der Waals surface area contributed by atoms with Crippen LogP contribution in [0.5, 0.6) is 0 Å². The normalized spacial score (nSPS) is 8.90. The molecule has 1 aromatic rings. The summed E-state index contributed by atoms with van der Waals surface area (Å²) >= 11 is 5.44. The molecule has 0 spiro atoms. The van der Waals surface area contributed by atoms with E-state index in [0.29, 0.717) is 5.02 Å². The molecule has 10 heavy (non-hydrogen) atoms. The topological polar surface area (TPSA) is 0 Å². The minimum absolute atomic E-state index is 0.129. The van der Waals surface area contributed by atoms with E-state index in [0.717, 1.165) is 6.07 Å². The second-order valence-corrected chi connectivity index (χ2v) is 2.19. The van der Waals surface area contributed by atoms with Crippen molar-refractivity contribution in [2.24, 2.45) is 0 Å². The third kappa shape index (κ3) is 1.29. The summed E-state index contributed by atoms with van der Waals surface area (Å²) in [4.78, 5) is 0. The van der Waals surface area contributed by atoms with Crippen LogP contribution in [-0.4, -0.2) is 0 Å². The van der Waals surface area contributed by atoms with Gasteiger partial charge in [-0.3, -0.25) is 0 Å². The molecule has 0 fully saturated rings. The second-order valence-electron chi connectivity index (χ2n) is 1.75. The molecule has 0 N–H and O–H groups in total. The van der Waals surface area contributed by atoms with E-state index in [9.17, 15) is 4.39 Å². The zero-order valence-electron chi connectivity index (χ0n) is 4.99.